The van der Waals surface area contributed by atoms with Crippen molar-refractivity contribution in [1.29, 1.82) is 0 Å². The van der Waals surface area contributed by atoms with Crippen LogP contribution in [0, 0.1) is 0 Å². The number of carbonyl (C=O) groups excluding carboxylic acids is 3. The molecule has 0 atom stereocenters. The lowest BCUT2D eigenvalue weighted by atomic mass is 10.0. The maximum Gasteiger partial charge on any atom is 0.234 e. The number of anilines is 2. The molecule has 2 aliphatic heterocycles. The van der Waals surface area contributed by atoms with Gasteiger partial charge in [-0.1, -0.05) is 6.07 Å². The van der Waals surface area contributed by atoms with Gasteiger partial charge in [-0.05, 0) is 24.1 Å². The number of aryl methyl sites for hydroxylation is 1. The summed E-state index contributed by atoms with van der Waals surface area (Å²) in [6, 6.07) is 5.50. The highest BCUT2D eigenvalue weighted by Gasteiger charge is 2.29. The van der Waals surface area contributed by atoms with E-state index in [0.717, 1.165) is 11.3 Å². The van der Waals surface area contributed by atoms with Crippen molar-refractivity contribution in [2.75, 3.05) is 16.8 Å². The van der Waals surface area contributed by atoms with Crippen LogP contribution in [-0.2, 0) is 20.8 Å². The topological polar surface area (TPSA) is 66.5 Å². The average molecular weight is 244 g/mol. The van der Waals surface area contributed by atoms with Crippen molar-refractivity contribution in [3.8, 4) is 0 Å². The van der Waals surface area contributed by atoms with Gasteiger partial charge in [0.15, 0.2) is 5.78 Å². The van der Waals surface area contributed by atoms with E-state index < -0.39 is 0 Å². The second kappa shape index (κ2) is 3.94. The van der Waals surface area contributed by atoms with Gasteiger partial charge >= 0.3 is 0 Å². The number of ketones is 1. The van der Waals surface area contributed by atoms with Gasteiger partial charge in [-0.25, -0.2) is 0 Å². The normalized spacial score (nSPS) is 18.9. The fourth-order valence-electron chi connectivity index (χ4n) is 2.35. The van der Waals surface area contributed by atoms with Crippen molar-refractivity contribution in [2.45, 2.75) is 19.3 Å². The number of nitrogens with zero attached hydrogens (tertiary/aromatic N) is 1. The SMILES string of the molecule is O=C1CC(=O)N(c2ccc3c(c2)NC(=O)CC3)C1. The summed E-state index contributed by atoms with van der Waals surface area (Å²) in [6.45, 7) is 0.131. The number of fused-ring (bicyclic) bond motifs is 1. The van der Waals surface area contributed by atoms with Crippen LogP contribution >= 0.6 is 0 Å². The van der Waals surface area contributed by atoms with Gasteiger partial charge in [0, 0.05) is 17.8 Å². The number of hydrogen-bond acceptors (Lipinski definition) is 3. The van der Waals surface area contributed by atoms with Crippen LogP contribution in [0.25, 0.3) is 0 Å². The zero-order chi connectivity index (χ0) is 12.7. The molecule has 0 saturated carbocycles. The van der Waals surface area contributed by atoms with Crippen LogP contribution in [0.3, 0.4) is 0 Å². The highest BCUT2D eigenvalue weighted by molar-refractivity contribution is 6.15. The van der Waals surface area contributed by atoms with Gasteiger partial charge < -0.3 is 10.2 Å². The summed E-state index contributed by atoms with van der Waals surface area (Å²) in [5.74, 6) is -0.257. The molecule has 0 radical (unpaired) electrons. The molecule has 0 bridgehead atoms. The predicted molar refractivity (Wildman–Crippen MR) is 65.4 cm³/mol. The van der Waals surface area contributed by atoms with E-state index in [1.165, 1.54) is 4.90 Å². The van der Waals surface area contributed by atoms with E-state index in [-0.39, 0.29) is 30.6 Å². The zero-order valence-corrected chi connectivity index (χ0v) is 9.73. The molecule has 18 heavy (non-hydrogen) atoms. The standard InChI is InChI=1S/C13H12N2O3/c16-10-6-13(18)15(7-10)9-3-1-8-2-4-12(17)14-11(8)5-9/h1,3,5H,2,4,6-7H2,(H,14,17). The molecule has 0 aliphatic carbocycles. The van der Waals surface area contributed by atoms with E-state index in [1.807, 2.05) is 12.1 Å². The minimum atomic E-state index is -0.179. The summed E-state index contributed by atoms with van der Waals surface area (Å²) >= 11 is 0. The first kappa shape index (κ1) is 11.0. The first-order valence-corrected chi connectivity index (χ1v) is 5.88. The van der Waals surface area contributed by atoms with Crippen molar-refractivity contribution in [1.82, 2.24) is 0 Å². The largest absolute Gasteiger partial charge is 0.326 e. The Morgan fingerprint density at radius 1 is 1.11 bits per heavy atom. The van der Waals surface area contributed by atoms with Crippen molar-refractivity contribution >= 4 is 29.0 Å². The van der Waals surface area contributed by atoms with Gasteiger partial charge in [0.2, 0.25) is 11.8 Å². The molecule has 2 heterocycles. The van der Waals surface area contributed by atoms with Gasteiger partial charge in [-0.15, -0.1) is 0 Å². The van der Waals surface area contributed by atoms with E-state index in [0.29, 0.717) is 18.5 Å². The third-order valence-corrected chi connectivity index (χ3v) is 3.28. The Bertz CT molecular complexity index is 565. The number of rotatable bonds is 1. The summed E-state index contributed by atoms with van der Waals surface area (Å²) in [5.41, 5.74) is 2.49. The van der Waals surface area contributed by atoms with Crippen molar-refractivity contribution in [2.24, 2.45) is 0 Å². The Labute approximate surface area is 104 Å². The minimum Gasteiger partial charge on any atom is -0.326 e. The van der Waals surface area contributed by atoms with Gasteiger partial charge in [-0.2, -0.15) is 0 Å². The molecular weight excluding hydrogens is 232 g/mol. The minimum absolute atomic E-state index is 0.0107. The number of nitrogens with one attached hydrogen (secondary N) is 1. The molecule has 0 aromatic heterocycles. The molecular formula is C13H12N2O3. The van der Waals surface area contributed by atoms with E-state index in [1.54, 1.807) is 6.07 Å². The van der Waals surface area contributed by atoms with Crippen molar-refractivity contribution in [3.63, 3.8) is 0 Å². The molecule has 0 unspecified atom stereocenters. The molecule has 1 N–H and O–H groups in total. The highest BCUT2D eigenvalue weighted by Crippen LogP contribution is 2.29. The quantitative estimate of drug-likeness (QED) is 0.746. The average Bonchev–Trinajstić information content (AvgIpc) is 2.67. The first-order chi connectivity index (χ1) is 8.63. The van der Waals surface area contributed by atoms with Gasteiger partial charge in [0.05, 0.1) is 13.0 Å². The van der Waals surface area contributed by atoms with Gasteiger partial charge in [0.1, 0.15) is 0 Å². The first-order valence-electron chi connectivity index (χ1n) is 5.88. The summed E-state index contributed by atoms with van der Waals surface area (Å²) in [5, 5.41) is 2.79. The molecule has 2 amide bonds. The van der Waals surface area contributed by atoms with E-state index in [2.05, 4.69) is 5.32 Å². The van der Waals surface area contributed by atoms with Gasteiger partial charge in [-0.3, -0.25) is 14.4 Å². The highest BCUT2D eigenvalue weighted by atomic mass is 16.2. The van der Waals surface area contributed by atoms with Crippen LogP contribution < -0.4 is 10.2 Å². The molecule has 1 fully saturated rings. The van der Waals surface area contributed by atoms with Crippen molar-refractivity contribution < 1.29 is 14.4 Å². The zero-order valence-electron chi connectivity index (χ0n) is 9.73. The second-order valence-electron chi connectivity index (χ2n) is 4.58. The smallest absolute Gasteiger partial charge is 0.234 e. The molecule has 92 valence electrons. The van der Waals surface area contributed by atoms with Crippen molar-refractivity contribution in [3.05, 3.63) is 23.8 Å². The molecule has 1 aromatic rings. The monoisotopic (exact) mass is 244 g/mol. The third kappa shape index (κ3) is 1.77. The van der Waals surface area contributed by atoms with Crippen LogP contribution in [0.1, 0.15) is 18.4 Å². The Morgan fingerprint density at radius 3 is 2.67 bits per heavy atom. The number of hydrogen-bond donors (Lipinski definition) is 1. The van der Waals surface area contributed by atoms with E-state index in [4.69, 9.17) is 0 Å². The maximum atomic E-state index is 11.6. The molecule has 5 nitrogen and oxygen atoms in total. The predicted octanol–water partition coefficient (Wildman–Crippen LogP) is 0.877. The molecule has 1 saturated heterocycles. The van der Waals surface area contributed by atoms with E-state index in [9.17, 15) is 14.4 Å². The number of Topliss-reactive ketones (excluding diaryl/α,β-unsaturated/α-hetero) is 1. The van der Waals surface area contributed by atoms with Crippen LogP contribution in [0.2, 0.25) is 0 Å². The lowest BCUT2D eigenvalue weighted by Crippen LogP contribution is -2.25. The molecule has 5 heteroatoms. The molecule has 0 spiro atoms. The maximum absolute atomic E-state index is 11.6. The molecule has 2 aliphatic rings. The second-order valence-corrected chi connectivity index (χ2v) is 4.58. The molecule has 1 aromatic carbocycles. The lowest BCUT2D eigenvalue weighted by molar-refractivity contribution is -0.121. The van der Waals surface area contributed by atoms with Crippen LogP contribution in [0.4, 0.5) is 11.4 Å². The molecule has 3 rings (SSSR count). The Kier molecular flexibility index (Phi) is 2.40. The Morgan fingerprint density at radius 2 is 1.94 bits per heavy atom. The van der Waals surface area contributed by atoms with Crippen LogP contribution in [0.5, 0.6) is 0 Å². The fourth-order valence-corrected chi connectivity index (χ4v) is 2.35. The summed E-state index contributed by atoms with van der Waals surface area (Å²) in [7, 11) is 0. The fraction of sp³-hybridized carbons (Fsp3) is 0.308. The Balaban J connectivity index is 1.95. The number of carbonyl (C=O) groups is 3. The summed E-state index contributed by atoms with van der Waals surface area (Å²) in [4.78, 5) is 35.7. The Hall–Kier alpha value is -2.17. The third-order valence-electron chi connectivity index (χ3n) is 3.28. The lowest BCUT2D eigenvalue weighted by Gasteiger charge is -2.21. The van der Waals surface area contributed by atoms with Crippen LogP contribution in [0.15, 0.2) is 18.2 Å². The van der Waals surface area contributed by atoms with E-state index >= 15 is 0 Å². The number of benzene rings is 1. The number of amides is 2. The summed E-state index contributed by atoms with van der Waals surface area (Å²) < 4.78 is 0. The summed E-state index contributed by atoms with van der Waals surface area (Å²) in [6.07, 6.45) is 1.19. The van der Waals surface area contributed by atoms with Crippen LogP contribution in [-0.4, -0.2) is 24.1 Å². The van der Waals surface area contributed by atoms with Gasteiger partial charge in [0.25, 0.3) is 0 Å².